The first-order chi connectivity index (χ1) is 15.6. The van der Waals surface area contributed by atoms with Crippen molar-refractivity contribution >= 4 is 22.8 Å². The Morgan fingerprint density at radius 3 is 2.34 bits per heavy atom. The molecule has 0 saturated carbocycles. The van der Waals surface area contributed by atoms with Crippen LogP contribution in [-0.4, -0.2) is 46.1 Å². The third-order valence-electron chi connectivity index (χ3n) is 5.82. The number of aromatic nitrogens is 1. The Labute approximate surface area is 192 Å². The largest absolute Gasteiger partial charge is 0.390 e. The number of hydrogen-bond acceptors (Lipinski definition) is 3. The third-order valence-corrected chi connectivity index (χ3v) is 5.82. The van der Waals surface area contributed by atoms with E-state index < -0.39 is 6.10 Å². The topological polar surface area (TPSA) is 45.5 Å². The number of allylic oxidation sites excluding steroid dienone is 1. The lowest BCUT2D eigenvalue weighted by molar-refractivity contribution is 0.0973. The van der Waals surface area contributed by atoms with Crippen molar-refractivity contribution in [2.45, 2.75) is 52.2 Å². The fourth-order valence-electron chi connectivity index (χ4n) is 4.06. The van der Waals surface area contributed by atoms with Gasteiger partial charge in [0.25, 0.3) is 0 Å². The molecular formula is C28H36N2O2. The van der Waals surface area contributed by atoms with Gasteiger partial charge < -0.3 is 14.6 Å². The fraction of sp³-hybridized carbons (Fsp3) is 0.393. The summed E-state index contributed by atoms with van der Waals surface area (Å²) in [6.45, 7) is 7.71. The van der Waals surface area contributed by atoms with Crippen LogP contribution in [0.3, 0.4) is 0 Å². The Morgan fingerprint density at radius 2 is 1.66 bits per heavy atom. The highest BCUT2D eigenvalue weighted by Gasteiger charge is 2.14. The van der Waals surface area contributed by atoms with Crippen LogP contribution in [0.4, 0.5) is 0 Å². The van der Waals surface area contributed by atoms with Crippen LogP contribution < -0.4 is 0 Å². The van der Waals surface area contributed by atoms with Crippen molar-refractivity contribution in [2.75, 3.05) is 19.6 Å². The number of rotatable bonds is 13. The summed E-state index contributed by atoms with van der Waals surface area (Å²) in [6, 6.07) is 17.5. The number of benzene rings is 2. The van der Waals surface area contributed by atoms with Crippen molar-refractivity contribution in [3.63, 3.8) is 0 Å². The lowest BCUT2D eigenvalue weighted by Crippen LogP contribution is -2.36. The van der Waals surface area contributed by atoms with E-state index in [4.69, 9.17) is 0 Å². The second-order valence-corrected chi connectivity index (χ2v) is 8.48. The normalized spacial score (nSPS) is 12.8. The van der Waals surface area contributed by atoms with Gasteiger partial charge in [-0.2, -0.15) is 0 Å². The van der Waals surface area contributed by atoms with E-state index in [2.05, 4.69) is 35.4 Å². The van der Waals surface area contributed by atoms with Crippen molar-refractivity contribution in [3.8, 4) is 0 Å². The number of para-hydroxylation sites is 1. The fourth-order valence-corrected chi connectivity index (χ4v) is 4.06. The number of ketones is 1. The minimum absolute atomic E-state index is 0.00930. The predicted molar refractivity (Wildman–Crippen MR) is 134 cm³/mol. The van der Waals surface area contributed by atoms with Crippen LogP contribution in [0.25, 0.3) is 17.0 Å². The van der Waals surface area contributed by atoms with Gasteiger partial charge in [-0.25, -0.2) is 0 Å². The second-order valence-electron chi connectivity index (χ2n) is 8.48. The summed E-state index contributed by atoms with van der Waals surface area (Å²) < 4.78 is 2.12. The highest BCUT2D eigenvalue weighted by molar-refractivity contribution is 6.07. The molecule has 0 fully saturated rings. The highest BCUT2D eigenvalue weighted by atomic mass is 16.3. The monoisotopic (exact) mass is 432 g/mol. The smallest absolute Gasteiger partial charge is 0.185 e. The van der Waals surface area contributed by atoms with E-state index in [1.807, 2.05) is 54.7 Å². The van der Waals surface area contributed by atoms with E-state index >= 15 is 0 Å². The van der Waals surface area contributed by atoms with Crippen molar-refractivity contribution in [1.82, 2.24) is 9.47 Å². The summed E-state index contributed by atoms with van der Waals surface area (Å²) >= 11 is 0. The molecule has 0 amide bonds. The zero-order valence-corrected chi connectivity index (χ0v) is 19.4. The van der Waals surface area contributed by atoms with Crippen LogP contribution in [0.15, 0.2) is 66.9 Å². The van der Waals surface area contributed by atoms with Gasteiger partial charge in [-0.1, -0.05) is 75.2 Å². The highest BCUT2D eigenvalue weighted by Crippen LogP contribution is 2.23. The second kappa shape index (κ2) is 12.4. The Balaban J connectivity index is 1.74. The number of fused-ring (bicyclic) bond motifs is 1. The van der Waals surface area contributed by atoms with Gasteiger partial charge >= 0.3 is 0 Å². The summed E-state index contributed by atoms with van der Waals surface area (Å²) in [5, 5.41) is 12.0. The number of aliphatic hydroxyl groups is 1. The van der Waals surface area contributed by atoms with E-state index in [0.717, 1.165) is 42.4 Å². The average Bonchev–Trinajstić information content (AvgIpc) is 3.17. The van der Waals surface area contributed by atoms with Gasteiger partial charge in [0.15, 0.2) is 5.78 Å². The van der Waals surface area contributed by atoms with E-state index in [9.17, 15) is 9.90 Å². The number of carbonyl (C=O) groups excluding carboxylic acids is 1. The Bertz CT molecular complexity index is 999. The van der Waals surface area contributed by atoms with Crippen LogP contribution in [0.1, 0.15) is 55.5 Å². The molecule has 0 aliphatic heterocycles. The molecule has 0 aliphatic carbocycles. The minimum Gasteiger partial charge on any atom is -0.390 e. The maximum atomic E-state index is 12.5. The summed E-state index contributed by atoms with van der Waals surface area (Å²) in [5.74, 6) is -0.00930. The van der Waals surface area contributed by atoms with Crippen LogP contribution in [0, 0.1) is 0 Å². The van der Waals surface area contributed by atoms with Crippen LogP contribution >= 0.6 is 0 Å². The van der Waals surface area contributed by atoms with Gasteiger partial charge in [0, 0.05) is 41.3 Å². The Kier molecular flexibility index (Phi) is 9.27. The SMILES string of the molecule is CCCCN(CCCC)C[C@@H](O)Cn1cc(/C=C\C(=O)c2ccccc2)c2ccccc21. The first-order valence-corrected chi connectivity index (χ1v) is 11.9. The lowest BCUT2D eigenvalue weighted by atomic mass is 10.1. The molecule has 170 valence electrons. The van der Waals surface area contributed by atoms with Crippen LogP contribution in [-0.2, 0) is 6.54 Å². The van der Waals surface area contributed by atoms with E-state index in [1.54, 1.807) is 6.08 Å². The molecule has 1 N–H and O–H groups in total. The molecule has 4 nitrogen and oxygen atoms in total. The molecule has 1 aromatic heterocycles. The number of hydrogen-bond donors (Lipinski definition) is 1. The summed E-state index contributed by atoms with van der Waals surface area (Å²) in [4.78, 5) is 14.9. The molecule has 0 bridgehead atoms. The molecule has 1 heterocycles. The Morgan fingerprint density at radius 1 is 1.00 bits per heavy atom. The quantitative estimate of drug-likeness (QED) is 0.274. The number of carbonyl (C=O) groups is 1. The van der Waals surface area contributed by atoms with Crippen molar-refractivity contribution in [2.24, 2.45) is 0 Å². The number of unbranched alkanes of at least 4 members (excludes halogenated alkanes) is 2. The van der Waals surface area contributed by atoms with Crippen molar-refractivity contribution < 1.29 is 9.90 Å². The number of nitrogens with zero attached hydrogens (tertiary/aromatic N) is 2. The standard InChI is InChI=1S/C28H36N2O2/c1-3-5-18-29(19-6-4-2)21-25(31)22-30-20-24(26-14-10-11-15-27(26)30)16-17-28(32)23-12-8-7-9-13-23/h7-17,20,25,31H,3-6,18-19,21-22H2,1-2H3/b17-16-/t25-/m1/s1. The van der Waals surface area contributed by atoms with Gasteiger partial charge in [0.05, 0.1) is 6.10 Å². The van der Waals surface area contributed by atoms with Crippen LogP contribution in [0.2, 0.25) is 0 Å². The molecule has 3 aromatic rings. The van der Waals surface area contributed by atoms with Gasteiger partial charge in [-0.05, 0) is 44.1 Å². The Hall–Kier alpha value is -2.69. The zero-order valence-electron chi connectivity index (χ0n) is 19.4. The number of aliphatic hydroxyl groups excluding tert-OH is 1. The molecule has 0 spiro atoms. The molecule has 2 aromatic carbocycles. The minimum atomic E-state index is -0.442. The van der Waals surface area contributed by atoms with Gasteiger partial charge in [0.1, 0.15) is 0 Å². The first-order valence-electron chi connectivity index (χ1n) is 11.9. The molecule has 0 unspecified atom stereocenters. The zero-order chi connectivity index (χ0) is 22.8. The maximum absolute atomic E-state index is 12.5. The molecular weight excluding hydrogens is 396 g/mol. The van der Waals surface area contributed by atoms with Crippen LogP contribution in [0.5, 0.6) is 0 Å². The lowest BCUT2D eigenvalue weighted by Gasteiger charge is -2.25. The van der Waals surface area contributed by atoms with Gasteiger partial charge in [-0.15, -0.1) is 0 Å². The molecule has 1 atom stereocenters. The van der Waals surface area contributed by atoms with Gasteiger partial charge in [0.2, 0.25) is 0 Å². The summed E-state index contributed by atoms with van der Waals surface area (Å²) in [7, 11) is 0. The molecule has 0 saturated heterocycles. The van der Waals surface area contributed by atoms with Gasteiger partial charge in [-0.3, -0.25) is 4.79 Å². The molecule has 3 rings (SSSR count). The first kappa shape index (κ1) is 24.0. The predicted octanol–water partition coefficient (Wildman–Crippen LogP) is 5.80. The van der Waals surface area contributed by atoms with Crippen molar-refractivity contribution in [3.05, 3.63) is 78.0 Å². The summed E-state index contributed by atoms with van der Waals surface area (Å²) in [5.41, 5.74) is 2.75. The molecule has 32 heavy (non-hydrogen) atoms. The van der Waals surface area contributed by atoms with Crippen molar-refractivity contribution in [1.29, 1.82) is 0 Å². The van der Waals surface area contributed by atoms with E-state index in [-0.39, 0.29) is 5.78 Å². The van der Waals surface area contributed by atoms with E-state index in [1.165, 1.54) is 12.8 Å². The summed E-state index contributed by atoms with van der Waals surface area (Å²) in [6.07, 6.45) is 9.77. The maximum Gasteiger partial charge on any atom is 0.185 e. The molecule has 0 radical (unpaired) electrons. The van der Waals surface area contributed by atoms with E-state index in [0.29, 0.717) is 18.7 Å². The molecule has 0 aliphatic rings. The third kappa shape index (κ3) is 6.65. The average molecular weight is 433 g/mol. The molecule has 4 heteroatoms.